The van der Waals surface area contributed by atoms with Gasteiger partial charge in [0.25, 0.3) is 0 Å². The number of benzene rings is 5. The van der Waals surface area contributed by atoms with Gasteiger partial charge >= 0.3 is 18.1 Å². The van der Waals surface area contributed by atoms with Crippen LogP contribution in [0.5, 0.6) is 0 Å². The zero-order chi connectivity index (χ0) is 44.7. The van der Waals surface area contributed by atoms with Gasteiger partial charge in [0.2, 0.25) is 11.8 Å². The first-order valence-corrected chi connectivity index (χ1v) is 21.5. The number of thioether (sulfide) groups is 1. The Kier molecular flexibility index (Phi) is 15.9. The van der Waals surface area contributed by atoms with Crippen LogP contribution in [0.25, 0.3) is 11.1 Å². The average Bonchev–Trinajstić information content (AvgIpc) is 3.30. The van der Waals surface area contributed by atoms with Crippen LogP contribution in [0.1, 0.15) is 60.9 Å². The van der Waals surface area contributed by atoms with Crippen molar-refractivity contribution in [3.63, 3.8) is 0 Å². The molecule has 3 N–H and O–H groups in total. The lowest BCUT2D eigenvalue weighted by Crippen LogP contribution is -2.48. The van der Waals surface area contributed by atoms with Crippen LogP contribution in [0, 0.1) is 0 Å². The minimum Gasteiger partial charge on any atom is -0.386 e. The first-order chi connectivity index (χ1) is 30.4. The molecule has 0 aliphatic rings. The highest BCUT2D eigenvalue weighted by Gasteiger charge is 2.43. The number of alkyl halides is 3. The van der Waals surface area contributed by atoms with Gasteiger partial charge in [-0.25, -0.2) is 9.78 Å². The number of pyridine rings is 1. The third kappa shape index (κ3) is 12.7. The van der Waals surface area contributed by atoms with Crippen LogP contribution in [-0.4, -0.2) is 52.7 Å². The monoisotopic (exact) mass is 872 g/mol. The summed E-state index contributed by atoms with van der Waals surface area (Å²) < 4.78 is 42.8. The predicted octanol–water partition coefficient (Wildman–Crippen LogP) is 9.81. The first kappa shape index (κ1) is 45.8. The van der Waals surface area contributed by atoms with Crippen LogP contribution in [-0.2, 0) is 28.7 Å². The molecule has 0 spiro atoms. The zero-order valence-electron chi connectivity index (χ0n) is 34.5. The molecular weight excluding hydrogens is 826 g/mol. The van der Waals surface area contributed by atoms with Crippen molar-refractivity contribution in [2.24, 2.45) is 0 Å². The standard InChI is InChI=1S/C50H47F3N4O5S/c1-35(55-44-24-14-15-32-54-44)25-30-45(58)56-42(31-33-63-49(39-18-8-3-9-19-39,40-20-10-4-11-21-40)41-22-12-5-13-23-41)47(60)57-43(34-46(59)62-48(61)50(51,52)53)38-28-26-37(27-29-38)36-16-6-2-7-17-36/h2-24,26-29,32,35,42-43H,25,30-31,33-34H2,1H3,(H,54,55)(H,56,58)(H,57,60)/t35?,42-,43?/m0/s1. The highest BCUT2D eigenvalue weighted by atomic mass is 32.2. The van der Waals surface area contributed by atoms with E-state index in [1.807, 2.05) is 104 Å². The Bertz CT molecular complexity index is 2300. The van der Waals surface area contributed by atoms with E-state index in [1.165, 1.54) is 0 Å². The van der Waals surface area contributed by atoms with E-state index in [0.717, 1.165) is 27.8 Å². The smallest absolute Gasteiger partial charge is 0.386 e. The van der Waals surface area contributed by atoms with Crippen molar-refractivity contribution in [2.75, 3.05) is 11.1 Å². The summed E-state index contributed by atoms with van der Waals surface area (Å²) >= 11 is 1.59. The van der Waals surface area contributed by atoms with Gasteiger partial charge in [0, 0.05) is 18.7 Å². The van der Waals surface area contributed by atoms with Crippen LogP contribution in [0.4, 0.5) is 19.0 Å². The van der Waals surface area contributed by atoms with Gasteiger partial charge < -0.3 is 20.7 Å². The summed E-state index contributed by atoms with van der Waals surface area (Å²) in [6, 6.07) is 49.1. The summed E-state index contributed by atoms with van der Waals surface area (Å²) in [6.07, 6.45) is -3.98. The summed E-state index contributed by atoms with van der Waals surface area (Å²) in [6.45, 7) is 1.91. The number of nitrogens with zero attached hydrogens (tertiary/aromatic N) is 1. The van der Waals surface area contributed by atoms with Gasteiger partial charge in [-0.1, -0.05) is 152 Å². The minimum absolute atomic E-state index is 0.0517. The zero-order valence-corrected chi connectivity index (χ0v) is 35.3. The Morgan fingerprint density at radius 3 is 1.70 bits per heavy atom. The van der Waals surface area contributed by atoms with E-state index in [4.69, 9.17) is 0 Å². The number of carbonyl (C=O) groups excluding carboxylic acids is 4. The lowest BCUT2D eigenvalue weighted by atomic mass is 9.84. The fourth-order valence-corrected chi connectivity index (χ4v) is 8.75. The second-order valence-corrected chi connectivity index (χ2v) is 16.2. The van der Waals surface area contributed by atoms with Crippen molar-refractivity contribution in [3.8, 4) is 11.1 Å². The number of esters is 2. The molecule has 2 unspecified atom stereocenters. The lowest BCUT2D eigenvalue weighted by molar-refractivity contribution is -0.202. The van der Waals surface area contributed by atoms with E-state index in [2.05, 4.69) is 62.1 Å². The largest absolute Gasteiger partial charge is 0.491 e. The number of hydrogen-bond acceptors (Lipinski definition) is 8. The molecule has 0 aliphatic carbocycles. The third-order valence-electron chi connectivity index (χ3n) is 10.3. The van der Waals surface area contributed by atoms with E-state index in [9.17, 15) is 32.3 Å². The molecule has 0 aliphatic heterocycles. The topological polar surface area (TPSA) is 126 Å². The van der Waals surface area contributed by atoms with Gasteiger partial charge in [-0.15, -0.1) is 11.8 Å². The Hall–Kier alpha value is -6.73. The fourth-order valence-electron chi connectivity index (χ4n) is 7.19. The van der Waals surface area contributed by atoms with Gasteiger partial charge in [-0.2, -0.15) is 13.2 Å². The second-order valence-electron chi connectivity index (χ2n) is 14.8. The maximum Gasteiger partial charge on any atom is 0.491 e. The minimum atomic E-state index is -5.40. The third-order valence-corrected chi connectivity index (χ3v) is 11.9. The first-order valence-electron chi connectivity index (χ1n) is 20.5. The van der Waals surface area contributed by atoms with Gasteiger partial charge in [0.1, 0.15) is 11.9 Å². The van der Waals surface area contributed by atoms with Gasteiger partial charge in [0.05, 0.1) is 17.2 Å². The number of amides is 2. The lowest BCUT2D eigenvalue weighted by Gasteiger charge is -2.36. The van der Waals surface area contributed by atoms with Crippen LogP contribution in [0.2, 0.25) is 0 Å². The SMILES string of the molecule is CC(CCC(=O)N[C@@H](CCSC(c1ccccc1)(c1ccccc1)c1ccccc1)C(=O)NC(CC(=O)OC(=O)C(F)(F)F)c1ccc(-c2ccccc2)cc1)Nc1ccccn1. The van der Waals surface area contributed by atoms with Crippen LogP contribution in [0.3, 0.4) is 0 Å². The normalized spacial score (nSPS) is 12.9. The number of nitrogens with one attached hydrogen (secondary N) is 3. The van der Waals surface area contributed by atoms with Crippen molar-refractivity contribution in [2.45, 2.75) is 61.7 Å². The Morgan fingerprint density at radius 1 is 0.651 bits per heavy atom. The van der Waals surface area contributed by atoms with Gasteiger partial charge in [0.15, 0.2) is 0 Å². The highest BCUT2D eigenvalue weighted by Crippen LogP contribution is 2.48. The summed E-state index contributed by atoms with van der Waals surface area (Å²) in [5.74, 6) is -4.25. The number of anilines is 1. The molecule has 0 saturated carbocycles. The van der Waals surface area contributed by atoms with Crippen LogP contribution >= 0.6 is 11.8 Å². The summed E-state index contributed by atoms with van der Waals surface area (Å²) in [7, 11) is 0. The molecule has 13 heteroatoms. The van der Waals surface area contributed by atoms with Crippen molar-refractivity contribution < 1.29 is 37.1 Å². The summed E-state index contributed by atoms with van der Waals surface area (Å²) in [5.41, 5.74) is 5.06. The number of carbonyl (C=O) groups is 4. The molecule has 0 saturated heterocycles. The Balaban J connectivity index is 1.29. The predicted molar refractivity (Wildman–Crippen MR) is 239 cm³/mol. The molecule has 5 aromatic carbocycles. The van der Waals surface area contributed by atoms with E-state index in [1.54, 1.807) is 48.3 Å². The molecule has 9 nitrogen and oxygen atoms in total. The quantitative estimate of drug-likeness (QED) is 0.0418. The Morgan fingerprint density at radius 2 is 1.17 bits per heavy atom. The maximum atomic E-state index is 14.5. The molecule has 0 bridgehead atoms. The van der Waals surface area contributed by atoms with E-state index in [-0.39, 0.29) is 18.9 Å². The number of ether oxygens (including phenoxy) is 1. The molecule has 324 valence electrons. The summed E-state index contributed by atoms with van der Waals surface area (Å²) in [4.78, 5) is 57.0. The van der Waals surface area contributed by atoms with Crippen LogP contribution < -0.4 is 16.0 Å². The van der Waals surface area contributed by atoms with E-state index in [0.29, 0.717) is 23.6 Å². The van der Waals surface area contributed by atoms with E-state index < -0.39 is 53.2 Å². The van der Waals surface area contributed by atoms with E-state index >= 15 is 0 Å². The molecule has 3 atom stereocenters. The van der Waals surface area contributed by atoms with Gasteiger partial charge in [-0.3, -0.25) is 14.4 Å². The molecule has 1 aromatic heterocycles. The Labute approximate surface area is 368 Å². The molecular formula is C50H47F3N4O5S. The molecule has 0 radical (unpaired) electrons. The highest BCUT2D eigenvalue weighted by molar-refractivity contribution is 8.00. The molecule has 0 fully saturated rings. The van der Waals surface area contributed by atoms with Crippen molar-refractivity contribution >= 4 is 41.3 Å². The van der Waals surface area contributed by atoms with Crippen molar-refractivity contribution in [1.82, 2.24) is 15.6 Å². The summed E-state index contributed by atoms with van der Waals surface area (Å²) in [5, 5.41) is 8.97. The molecule has 6 aromatic rings. The molecule has 2 amide bonds. The molecule has 6 rings (SSSR count). The average molecular weight is 873 g/mol. The van der Waals surface area contributed by atoms with Crippen molar-refractivity contribution in [1.29, 1.82) is 0 Å². The number of hydrogen-bond donors (Lipinski definition) is 3. The van der Waals surface area contributed by atoms with Gasteiger partial charge in [-0.05, 0) is 71.0 Å². The maximum absolute atomic E-state index is 14.5. The number of halogens is 3. The fraction of sp³-hybridized carbons (Fsp3) is 0.220. The number of aromatic nitrogens is 1. The molecule has 63 heavy (non-hydrogen) atoms. The van der Waals surface area contributed by atoms with Crippen LogP contribution in [0.15, 0.2) is 170 Å². The molecule has 1 heterocycles. The van der Waals surface area contributed by atoms with Crippen molar-refractivity contribution in [3.05, 3.63) is 192 Å². The number of rotatable bonds is 19. The second kappa shape index (κ2) is 21.9.